The molecule has 0 bridgehead atoms. The zero-order chi connectivity index (χ0) is 12.6. The molecule has 0 aliphatic heterocycles. The average molecular weight is 315 g/mol. The number of nitrogen functional groups attached to an aromatic ring is 1. The van der Waals surface area contributed by atoms with Gasteiger partial charge >= 0.3 is 0 Å². The van der Waals surface area contributed by atoms with Crippen LogP contribution in [0.2, 0.25) is 0 Å². The zero-order valence-electron chi connectivity index (χ0n) is 9.50. The molecule has 0 fully saturated rings. The molecule has 2 aromatic rings. The van der Waals surface area contributed by atoms with Gasteiger partial charge in [0.1, 0.15) is 5.82 Å². The van der Waals surface area contributed by atoms with Crippen LogP contribution in [0.3, 0.4) is 0 Å². The maximum atomic E-state index is 14.0. The Morgan fingerprint density at radius 3 is 2.65 bits per heavy atom. The van der Waals surface area contributed by atoms with E-state index in [1.807, 2.05) is 25.3 Å². The third kappa shape index (κ3) is 2.35. The molecule has 0 unspecified atom stereocenters. The summed E-state index contributed by atoms with van der Waals surface area (Å²) in [5, 5.41) is 2.38. The van der Waals surface area contributed by atoms with Crippen molar-refractivity contribution in [1.82, 2.24) is 4.98 Å². The Balaban J connectivity index is 2.51. The van der Waals surface area contributed by atoms with Crippen LogP contribution in [0.1, 0.15) is 25.1 Å². The summed E-state index contributed by atoms with van der Waals surface area (Å²) in [6.45, 7) is 3.88. The van der Waals surface area contributed by atoms with E-state index in [1.165, 1.54) is 17.4 Å². The molecule has 0 aliphatic rings. The summed E-state index contributed by atoms with van der Waals surface area (Å²) in [4.78, 5) is 4.24. The van der Waals surface area contributed by atoms with Crippen LogP contribution >= 0.6 is 27.3 Å². The predicted octanol–water partition coefficient (Wildman–Crippen LogP) is 3.95. The first kappa shape index (κ1) is 12.5. The Hall–Kier alpha value is -0.940. The van der Waals surface area contributed by atoms with Gasteiger partial charge in [0.15, 0.2) is 5.13 Å². The van der Waals surface area contributed by atoms with E-state index in [0.29, 0.717) is 10.7 Å². The van der Waals surface area contributed by atoms with Crippen LogP contribution in [0.15, 0.2) is 28.1 Å². The van der Waals surface area contributed by atoms with Crippen molar-refractivity contribution in [2.45, 2.75) is 19.3 Å². The maximum absolute atomic E-state index is 14.0. The second-order valence-corrected chi connectivity index (χ2v) is 6.13. The van der Waals surface area contributed by atoms with Crippen molar-refractivity contribution in [1.29, 1.82) is 0 Å². The lowest BCUT2D eigenvalue weighted by atomic mass is 9.82. The summed E-state index contributed by atoms with van der Waals surface area (Å²) in [5.74, 6) is -0.240. The Labute approximate surface area is 112 Å². The standard InChI is InChI=1S/C12H12BrFN2S/c1-12(2,10-6-17-11(15)16-10)8-4-3-7(13)5-9(8)14/h3-6H,1-2H3,(H2,15,16). The van der Waals surface area contributed by atoms with E-state index in [0.717, 1.165) is 10.2 Å². The van der Waals surface area contributed by atoms with Crippen LogP contribution in [0.25, 0.3) is 0 Å². The van der Waals surface area contributed by atoms with Gasteiger partial charge < -0.3 is 5.73 Å². The Kier molecular flexibility index (Phi) is 3.23. The molecule has 0 amide bonds. The molecule has 1 aromatic heterocycles. The fourth-order valence-corrected chi connectivity index (χ4v) is 2.77. The van der Waals surface area contributed by atoms with Gasteiger partial charge in [0.25, 0.3) is 0 Å². The van der Waals surface area contributed by atoms with E-state index in [4.69, 9.17) is 5.73 Å². The molecule has 0 saturated heterocycles. The second kappa shape index (κ2) is 4.38. The fraction of sp³-hybridized carbons (Fsp3) is 0.250. The molecule has 0 atom stereocenters. The topological polar surface area (TPSA) is 38.9 Å². The van der Waals surface area contributed by atoms with Gasteiger partial charge in [-0.25, -0.2) is 9.37 Å². The molecule has 0 spiro atoms. The van der Waals surface area contributed by atoms with Gasteiger partial charge in [-0.1, -0.05) is 35.8 Å². The van der Waals surface area contributed by atoms with Crippen molar-refractivity contribution in [3.8, 4) is 0 Å². The molecule has 5 heteroatoms. The Morgan fingerprint density at radius 1 is 1.41 bits per heavy atom. The largest absolute Gasteiger partial charge is 0.375 e. The van der Waals surface area contributed by atoms with Gasteiger partial charge in [-0.2, -0.15) is 0 Å². The monoisotopic (exact) mass is 314 g/mol. The normalized spacial score (nSPS) is 11.8. The number of halogens is 2. The number of rotatable bonds is 2. The number of thiazole rings is 1. The molecule has 0 radical (unpaired) electrons. The lowest BCUT2D eigenvalue weighted by molar-refractivity contribution is 0.540. The number of anilines is 1. The number of nitrogens with two attached hydrogens (primary N) is 1. The third-order valence-corrected chi connectivity index (χ3v) is 3.93. The van der Waals surface area contributed by atoms with Crippen LogP contribution in [-0.4, -0.2) is 4.98 Å². The molecule has 2 nitrogen and oxygen atoms in total. The summed E-state index contributed by atoms with van der Waals surface area (Å²) in [7, 11) is 0. The van der Waals surface area contributed by atoms with E-state index in [1.54, 1.807) is 6.07 Å². The molecule has 0 saturated carbocycles. The highest BCUT2D eigenvalue weighted by atomic mass is 79.9. The average Bonchev–Trinajstić information content (AvgIpc) is 2.64. The number of aromatic nitrogens is 1. The summed E-state index contributed by atoms with van der Waals surface area (Å²) in [6.07, 6.45) is 0. The molecule has 1 aromatic carbocycles. The van der Waals surface area contributed by atoms with Crippen molar-refractivity contribution >= 4 is 32.4 Å². The van der Waals surface area contributed by atoms with E-state index in [-0.39, 0.29) is 5.82 Å². The van der Waals surface area contributed by atoms with E-state index in [9.17, 15) is 4.39 Å². The smallest absolute Gasteiger partial charge is 0.180 e. The van der Waals surface area contributed by atoms with E-state index in [2.05, 4.69) is 20.9 Å². The van der Waals surface area contributed by atoms with Crippen molar-refractivity contribution in [3.63, 3.8) is 0 Å². The van der Waals surface area contributed by atoms with E-state index < -0.39 is 5.41 Å². The van der Waals surface area contributed by atoms with Gasteiger partial charge in [-0.05, 0) is 17.7 Å². The summed E-state index contributed by atoms with van der Waals surface area (Å²) in [6, 6.07) is 5.07. The lowest BCUT2D eigenvalue weighted by Gasteiger charge is -2.23. The van der Waals surface area contributed by atoms with Gasteiger partial charge in [0.2, 0.25) is 0 Å². The maximum Gasteiger partial charge on any atom is 0.180 e. The molecular formula is C12H12BrFN2S. The van der Waals surface area contributed by atoms with Crippen LogP contribution in [-0.2, 0) is 5.41 Å². The SMILES string of the molecule is CC(C)(c1csc(N)n1)c1ccc(Br)cc1F. The Bertz CT molecular complexity index is 551. The first-order valence-electron chi connectivity index (χ1n) is 5.08. The van der Waals surface area contributed by atoms with Gasteiger partial charge in [-0.15, -0.1) is 11.3 Å². The van der Waals surface area contributed by atoms with Crippen LogP contribution in [0, 0.1) is 5.82 Å². The highest BCUT2D eigenvalue weighted by molar-refractivity contribution is 9.10. The number of nitrogens with zero attached hydrogens (tertiary/aromatic N) is 1. The molecule has 1 heterocycles. The van der Waals surface area contributed by atoms with Crippen LogP contribution in [0.4, 0.5) is 9.52 Å². The highest BCUT2D eigenvalue weighted by Crippen LogP contribution is 2.34. The minimum Gasteiger partial charge on any atom is -0.375 e. The van der Waals surface area contributed by atoms with Crippen LogP contribution in [0.5, 0.6) is 0 Å². The van der Waals surface area contributed by atoms with Gasteiger partial charge in [-0.3, -0.25) is 0 Å². The van der Waals surface area contributed by atoms with Crippen molar-refractivity contribution in [2.75, 3.05) is 5.73 Å². The summed E-state index contributed by atoms with van der Waals surface area (Å²) < 4.78 is 14.7. The number of benzene rings is 1. The number of hydrogen-bond acceptors (Lipinski definition) is 3. The first-order chi connectivity index (χ1) is 7.91. The molecule has 2 rings (SSSR count). The van der Waals surface area contributed by atoms with Crippen LogP contribution < -0.4 is 5.73 Å². The van der Waals surface area contributed by atoms with E-state index >= 15 is 0 Å². The minimum atomic E-state index is -0.487. The fourth-order valence-electron chi connectivity index (χ4n) is 1.71. The molecular weight excluding hydrogens is 303 g/mol. The lowest BCUT2D eigenvalue weighted by Crippen LogP contribution is -2.21. The molecule has 90 valence electrons. The van der Waals surface area contributed by atoms with Gasteiger partial charge in [0.05, 0.1) is 5.69 Å². The molecule has 2 N–H and O–H groups in total. The molecule has 17 heavy (non-hydrogen) atoms. The summed E-state index contributed by atoms with van der Waals surface area (Å²) in [5.41, 5.74) is 6.54. The highest BCUT2D eigenvalue weighted by Gasteiger charge is 2.28. The quantitative estimate of drug-likeness (QED) is 0.911. The Morgan fingerprint density at radius 2 is 2.12 bits per heavy atom. The first-order valence-corrected chi connectivity index (χ1v) is 6.75. The second-order valence-electron chi connectivity index (χ2n) is 4.32. The minimum absolute atomic E-state index is 0.240. The van der Waals surface area contributed by atoms with Crippen molar-refractivity contribution in [2.24, 2.45) is 0 Å². The van der Waals surface area contributed by atoms with Crippen molar-refractivity contribution in [3.05, 3.63) is 45.1 Å². The van der Waals surface area contributed by atoms with Gasteiger partial charge in [0, 0.05) is 15.3 Å². The van der Waals surface area contributed by atoms with Crippen molar-refractivity contribution < 1.29 is 4.39 Å². The number of hydrogen-bond donors (Lipinski definition) is 1. The summed E-state index contributed by atoms with van der Waals surface area (Å²) >= 11 is 4.62. The third-order valence-electron chi connectivity index (χ3n) is 2.77. The predicted molar refractivity (Wildman–Crippen MR) is 72.8 cm³/mol. The zero-order valence-corrected chi connectivity index (χ0v) is 11.9. The molecule has 0 aliphatic carbocycles.